The summed E-state index contributed by atoms with van der Waals surface area (Å²) in [7, 11) is 0. The van der Waals surface area contributed by atoms with Crippen LogP contribution in [0.5, 0.6) is 0 Å². The molecular formula is C16H9N3O5. The second-order valence-electron chi connectivity index (χ2n) is 5.32. The molecule has 3 aromatic rings. The number of carbonyl (C=O) groups is 3. The Morgan fingerprint density at radius 1 is 0.875 bits per heavy atom. The maximum absolute atomic E-state index is 12.6. The number of aromatic amines is 2. The SMILES string of the molecule is O=C(O)c1ccc2c(c1)C(=O)N(c1ccc3[nH]c(=O)[nH]c3c1)C2=O. The van der Waals surface area contributed by atoms with Gasteiger partial charge >= 0.3 is 11.7 Å². The number of amides is 2. The third kappa shape index (κ3) is 1.86. The molecule has 0 spiro atoms. The number of nitrogens with one attached hydrogen (secondary N) is 2. The van der Waals surface area contributed by atoms with Crippen molar-refractivity contribution in [2.45, 2.75) is 0 Å². The van der Waals surface area contributed by atoms with E-state index < -0.39 is 23.5 Å². The number of imidazole rings is 1. The largest absolute Gasteiger partial charge is 0.478 e. The third-order valence-corrected chi connectivity index (χ3v) is 3.89. The fourth-order valence-corrected chi connectivity index (χ4v) is 2.77. The second-order valence-corrected chi connectivity index (χ2v) is 5.32. The molecule has 2 aromatic carbocycles. The Bertz CT molecular complexity index is 1110. The molecule has 0 fully saturated rings. The Morgan fingerprint density at radius 3 is 2.33 bits per heavy atom. The Labute approximate surface area is 133 Å². The molecule has 0 unspecified atom stereocenters. The molecule has 3 N–H and O–H groups in total. The monoisotopic (exact) mass is 323 g/mol. The minimum Gasteiger partial charge on any atom is -0.478 e. The van der Waals surface area contributed by atoms with E-state index in [-0.39, 0.29) is 16.7 Å². The molecular weight excluding hydrogens is 314 g/mol. The fourth-order valence-electron chi connectivity index (χ4n) is 2.77. The zero-order valence-corrected chi connectivity index (χ0v) is 12.0. The molecule has 0 aliphatic carbocycles. The van der Waals surface area contributed by atoms with Crippen LogP contribution in [-0.4, -0.2) is 32.9 Å². The predicted octanol–water partition coefficient (Wildman–Crippen LogP) is 1.35. The second kappa shape index (κ2) is 4.66. The first-order chi connectivity index (χ1) is 11.5. The lowest BCUT2D eigenvalue weighted by Crippen LogP contribution is -2.29. The lowest BCUT2D eigenvalue weighted by Gasteiger charge is -2.13. The molecule has 1 aromatic heterocycles. The van der Waals surface area contributed by atoms with Crippen molar-refractivity contribution < 1.29 is 19.5 Å². The number of aromatic nitrogens is 2. The normalized spacial score (nSPS) is 13.6. The predicted molar refractivity (Wildman–Crippen MR) is 83.5 cm³/mol. The van der Waals surface area contributed by atoms with E-state index in [1.54, 1.807) is 6.07 Å². The third-order valence-electron chi connectivity index (χ3n) is 3.89. The average molecular weight is 323 g/mol. The van der Waals surface area contributed by atoms with E-state index in [4.69, 9.17) is 5.11 Å². The van der Waals surface area contributed by atoms with Crippen LogP contribution in [0.2, 0.25) is 0 Å². The van der Waals surface area contributed by atoms with Gasteiger partial charge < -0.3 is 15.1 Å². The smallest absolute Gasteiger partial charge is 0.335 e. The fraction of sp³-hybridized carbons (Fsp3) is 0. The van der Waals surface area contributed by atoms with Crippen molar-refractivity contribution in [2.24, 2.45) is 0 Å². The van der Waals surface area contributed by atoms with Crippen molar-refractivity contribution >= 4 is 34.5 Å². The molecule has 8 heteroatoms. The van der Waals surface area contributed by atoms with Crippen molar-refractivity contribution in [2.75, 3.05) is 4.90 Å². The first kappa shape index (κ1) is 13.9. The molecule has 0 saturated heterocycles. The van der Waals surface area contributed by atoms with Crippen LogP contribution in [0, 0.1) is 0 Å². The van der Waals surface area contributed by atoms with E-state index in [1.807, 2.05) is 0 Å². The minimum absolute atomic E-state index is 0.0440. The molecule has 8 nitrogen and oxygen atoms in total. The van der Waals surface area contributed by atoms with Gasteiger partial charge in [-0.3, -0.25) is 9.59 Å². The Morgan fingerprint density at radius 2 is 1.58 bits per heavy atom. The molecule has 0 radical (unpaired) electrons. The topological polar surface area (TPSA) is 123 Å². The molecule has 4 rings (SSSR count). The van der Waals surface area contributed by atoms with Gasteiger partial charge in [-0.05, 0) is 36.4 Å². The van der Waals surface area contributed by atoms with Gasteiger partial charge in [-0.1, -0.05) is 0 Å². The van der Waals surface area contributed by atoms with Gasteiger partial charge in [-0.2, -0.15) is 0 Å². The van der Waals surface area contributed by atoms with Crippen molar-refractivity contribution in [3.8, 4) is 0 Å². The number of nitrogens with zero attached hydrogens (tertiary/aromatic N) is 1. The van der Waals surface area contributed by atoms with Crippen LogP contribution in [0.25, 0.3) is 11.0 Å². The van der Waals surface area contributed by atoms with E-state index >= 15 is 0 Å². The van der Waals surface area contributed by atoms with Crippen LogP contribution in [-0.2, 0) is 0 Å². The van der Waals surface area contributed by atoms with Gasteiger partial charge in [0.05, 0.1) is 33.4 Å². The summed E-state index contributed by atoms with van der Waals surface area (Å²) < 4.78 is 0. The Hall–Kier alpha value is -3.68. The molecule has 1 aliphatic heterocycles. The lowest BCUT2D eigenvalue weighted by atomic mass is 10.1. The summed E-state index contributed by atoms with van der Waals surface area (Å²) >= 11 is 0. The number of anilines is 1. The van der Waals surface area contributed by atoms with Crippen LogP contribution < -0.4 is 10.6 Å². The highest BCUT2D eigenvalue weighted by Gasteiger charge is 2.37. The molecule has 1 aliphatic rings. The number of fused-ring (bicyclic) bond motifs is 2. The van der Waals surface area contributed by atoms with E-state index in [9.17, 15) is 19.2 Å². The molecule has 0 bridgehead atoms. The standard InChI is InChI=1S/C16H9N3O5/c20-13-9-3-1-7(15(22)23)5-10(9)14(21)19(13)8-2-4-11-12(6-8)18-16(24)17-11/h1-6H,(H,22,23)(H2,17,18,24). The highest BCUT2D eigenvalue weighted by atomic mass is 16.4. The molecule has 2 heterocycles. The molecule has 0 atom stereocenters. The highest BCUT2D eigenvalue weighted by molar-refractivity contribution is 6.34. The number of H-pyrrole nitrogens is 2. The van der Waals surface area contributed by atoms with E-state index in [1.165, 1.54) is 30.3 Å². The van der Waals surface area contributed by atoms with Crippen molar-refractivity contribution in [1.82, 2.24) is 9.97 Å². The molecule has 118 valence electrons. The van der Waals surface area contributed by atoms with Crippen molar-refractivity contribution in [1.29, 1.82) is 0 Å². The molecule has 2 amide bonds. The van der Waals surface area contributed by atoms with E-state index in [0.29, 0.717) is 16.7 Å². The summed E-state index contributed by atoms with van der Waals surface area (Å²) in [6, 6.07) is 8.42. The first-order valence-corrected chi connectivity index (χ1v) is 6.94. The van der Waals surface area contributed by atoms with Gasteiger partial charge in [-0.25, -0.2) is 14.5 Å². The molecule has 0 saturated carbocycles. The first-order valence-electron chi connectivity index (χ1n) is 6.94. The number of hydrogen-bond acceptors (Lipinski definition) is 4. The number of hydrogen-bond donors (Lipinski definition) is 3. The summed E-state index contributed by atoms with van der Waals surface area (Å²) in [5.74, 6) is -2.32. The quantitative estimate of drug-likeness (QED) is 0.614. The summed E-state index contributed by atoms with van der Waals surface area (Å²) in [6.45, 7) is 0. The number of carbonyl (C=O) groups excluding carboxylic acids is 2. The van der Waals surface area contributed by atoms with Crippen LogP contribution in [0.1, 0.15) is 31.1 Å². The average Bonchev–Trinajstić information content (AvgIpc) is 3.04. The van der Waals surface area contributed by atoms with Gasteiger partial charge in [-0.15, -0.1) is 0 Å². The van der Waals surface area contributed by atoms with Crippen molar-refractivity contribution in [3.63, 3.8) is 0 Å². The minimum atomic E-state index is -1.18. The van der Waals surface area contributed by atoms with Crippen LogP contribution in [0.15, 0.2) is 41.2 Å². The summed E-state index contributed by atoms with van der Waals surface area (Å²) in [4.78, 5) is 53.5. The highest BCUT2D eigenvalue weighted by Crippen LogP contribution is 2.30. The zero-order valence-electron chi connectivity index (χ0n) is 12.0. The van der Waals surface area contributed by atoms with E-state index in [2.05, 4.69) is 9.97 Å². The number of imide groups is 1. The van der Waals surface area contributed by atoms with Crippen molar-refractivity contribution in [3.05, 3.63) is 63.6 Å². The number of aromatic carboxylic acids is 1. The van der Waals surface area contributed by atoms with Gasteiger partial charge in [0.2, 0.25) is 0 Å². The Kier molecular flexibility index (Phi) is 2.71. The zero-order chi connectivity index (χ0) is 17.0. The van der Waals surface area contributed by atoms with Crippen LogP contribution in [0.4, 0.5) is 5.69 Å². The van der Waals surface area contributed by atoms with Gasteiger partial charge in [0.15, 0.2) is 0 Å². The maximum Gasteiger partial charge on any atom is 0.335 e. The van der Waals surface area contributed by atoms with Gasteiger partial charge in [0.1, 0.15) is 0 Å². The van der Waals surface area contributed by atoms with Gasteiger partial charge in [0, 0.05) is 0 Å². The molecule has 24 heavy (non-hydrogen) atoms. The summed E-state index contributed by atoms with van der Waals surface area (Å²) in [5, 5.41) is 9.02. The van der Waals surface area contributed by atoms with Gasteiger partial charge in [0.25, 0.3) is 11.8 Å². The number of carboxylic acid groups (broad SMARTS) is 1. The number of benzene rings is 2. The number of carboxylic acids is 1. The van der Waals surface area contributed by atoms with Crippen LogP contribution >= 0.6 is 0 Å². The number of rotatable bonds is 2. The van der Waals surface area contributed by atoms with Crippen LogP contribution in [0.3, 0.4) is 0 Å². The summed E-state index contributed by atoms with van der Waals surface area (Å²) in [5.41, 5.74) is 1.03. The van der Waals surface area contributed by atoms with E-state index in [0.717, 1.165) is 4.90 Å². The maximum atomic E-state index is 12.6. The lowest BCUT2D eigenvalue weighted by molar-refractivity contribution is 0.0696. The summed E-state index contributed by atoms with van der Waals surface area (Å²) in [6.07, 6.45) is 0. The Balaban J connectivity index is 1.83.